The van der Waals surface area contributed by atoms with Gasteiger partial charge in [0.2, 0.25) is 0 Å². The van der Waals surface area contributed by atoms with Crippen LogP contribution in [-0.2, 0) is 12.5 Å². The van der Waals surface area contributed by atoms with Gasteiger partial charge in [-0.05, 0) is 35.9 Å². The number of hydrogen-bond acceptors (Lipinski definition) is 3. The summed E-state index contributed by atoms with van der Waals surface area (Å²) in [4.78, 5) is 0. The maximum Gasteiger partial charge on any atom is 0.125 e. The van der Waals surface area contributed by atoms with Crippen LogP contribution in [0.3, 0.4) is 0 Å². The minimum Gasteiger partial charge on any atom is -0.496 e. The molecule has 0 bridgehead atoms. The lowest BCUT2D eigenvalue weighted by Crippen LogP contribution is -1.99. The van der Waals surface area contributed by atoms with E-state index in [2.05, 4.69) is 6.07 Å². The van der Waals surface area contributed by atoms with E-state index in [4.69, 9.17) is 26.3 Å². The molecule has 2 aromatic carbocycles. The number of methoxy groups -OCH3 is 1. The summed E-state index contributed by atoms with van der Waals surface area (Å²) < 4.78 is 11.0. The smallest absolute Gasteiger partial charge is 0.125 e. The number of hydrogen-bond donors (Lipinski definition) is 0. The van der Waals surface area contributed by atoms with E-state index in [1.807, 2.05) is 24.3 Å². The van der Waals surface area contributed by atoms with Crippen LogP contribution in [0, 0.1) is 11.3 Å². The highest BCUT2D eigenvalue weighted by molar-refractivity contribution is 6.17. The van der Waals surface area contributed by atoms with Crippen LogP contribution in [0.25, 0.3) is 0 Å². The Labute approximate surface area is 123 Å². The normalized spacial score (nSPS) is 9.85. The van der Waals surface area contributed by atoms with Gasteiger partial charge in [-0.15, -0.1) is 11.6 Å². The van der Waals surface area contributed by atoms with E-state index < -0.39 is 0 Å². The number of benzene rings is 2. The molecule has 102 valence electrons. The standard InChI is InChI=1S/C16H14ClNO2/c1-19-16-6-5-13(10-18)7-14(16)11-20-15-4-2-3-12(8-15)9-17/h2-8H,9,11H2,1H3. The predicted octanol–water partition coefficient (Wildman–Crippen LogP) is 3.88. The van der Waals surface area contributed by atoms with Crippen LogP contribution >= 0.6 is 11.6 Å². The number of alkyl halides is 1. The summed E-state index contributed by atoms with van der Waals surface area (Å²) in [5.74, 6) is 1.90. The van der Waals surface area contributed by atoms with E-state index in [1.165, 1.54) is 0 Å². The Hall–Kier alpha value is -2.18. The fourth-order valence-corrected chi connectivity index (χ4v) is 2.01. The first-order valence-corrected chi connectivity index (χ1v) is 6.65. The lowest BCUT2D eigenvalue weighted by Gasteiger charge is -2.11. The van der Waals surface area contributed by atoms with E-state index in [-0.39, 0.29) is 0 Å². The molecule has 0 radical (unpaired) electrons. The van der Waals surface area contributed by atoms with Gasteiger partial charge in [0.1, 0.15) is 18.1 Å². The number of halogens is 1. The van der Waals surface area contributed by atoms with Crippen molar-refractivity contribution >= 4 is 11.6 Å². The third kappa shape index (κ3) is 3.43. The van der Waals surface area contributed by atoms with Gasteiger partial charge < -0.3 is 9.47 Å². The molecule has 0 spiro atoms. The summed E-state index contributed by atoms with van der Waals surface area (Å²) in [6.07, 6.45) is 0. The van der Waals surface area contributed by atoms with Crippen molar-refractivity contribution in [3.05, 3.63) is 59.2 Å². The van der Waals surface area contributed by atoms with Gasteiger partial charge in [0, 0.05) is 11.4 Å². The lowest BCUT2D eigenvalue weighted by molar-refractivity contribution is 0.296. The van der Waals surface area contributed by atoms with Crippen molar-refractivity contribution < 1.29 is 9.47 Å². The predicted molar refractivity (Wildman–Crippen MR) is 78.0 cm³/mol. The van der Waals surface area contributed by atoms with Gasteiger partial charge in [0.25, 0.3) is 0 Å². The number of rotatable bonds is 5. The molecule has 0 aliphatic carbocycles. The first-order chi connectivity index (χ1) is 9.76. The monoisotopic (exact) mass is 287 g/mol. The molecule has 3 nitrogen and oxygen atoms in total. The van der Waals surface area contributed by atoms with Crippen molar-refractivity contribution in [3.63, 3.8) is 0 Å². The molecule has 2 rings (SSSR count). The Bertz CT molecular complexity index is 635. The second kappa shape index (κ2) is 6.83. The SMILES string of the molecule is COc1ccc(C#N)cc1COc1cccc(CCl)c1. The maximum absolute atomic E-state index is 8.93. The van der Waals surface area contributed by atoms with Crippen LogP contribution in [0.4, 0.5) is 0 Å². The quantitative estimate of drug-likeness (QED) is 0.784. The summed E-state index contributed by atoms with van der Waals surface area (Å²) in [5.41, 5.74) is 2.42. The van der Waals surface area contributed by atoms with Gasteiger partial charge in [-0.25, -0.2) is 0 Å². The number of nitriles is 1. The summed E-state index contributed by atoms with van der Waals surface area (Å²) in [7, 11) is 1.60. The van der Waals surface area contributed by atoms with Crippen LogP contribution < -0.4 is 9.47 Å². The van der Waals surface area contributed by atoms with E-state index in [1.54, 1.807) is 25.3 Å². The zero-order chi connectivity index (χ0) is 14.4. The molecule has 4 heteroatoms. The summed E-state index contributed by atoms with van der Waals surface area (Å²) in [6, 6.07) is 15.0. The van der Waals surface area contributed by atoms with Crippen LogP contribution in [0.2, 0.25) is 0 Å². The topological polar surface area (TPSA) is 42.2 Å². The molecule has 0 N–H and O–H groups in total. The van der Waals surface area contributed by atoms with Gasteiger partial charge in [-0.2, -0.15) is 5.26 Å². The average molecular weight is 288 g/mol. The van der Waals surface area contributed by atoms with E-state index >= 15 is 0 Å². The highest BCUT2D eigenvalue weighted by Gasteiger charge is 2.06. The highest BCUT2D eigenvalue weighted by Crippen LogP contribution is 2.22. The van der Waals surface area contributed by atoms with Crippen LogP contribution in [0.5, 0.6) is 11.5 Å². The van der Waals surface area contributed by atoms with Gasteiger partial charge in [-0.1, -0.05) is 12.1 Å². The number of ether oxygens (including phenoxy) is 2. The van der Waals surface area contributed by atoms with Crippen molar-refractivity contribution in [1.29, 1.82) is 5.26 Å². The molecular formula is C16H14ClNO2. The molecular weight excluding hydrogens is 274 g/mol. The van der Waals surface area contributed by atoms with E-state index in [9.17, 15) is 0 Å². The Kier molecular flexibility index (Phi) is 4.86. The third-order valence-electron chi connectivity index (χ3n) is 2.86. The van der Waals surface area contributed by atoms with Gasteiger partial charge >= 0.3 is 0 Å². The van der Waals surface area contributed by atoms with Crippen molar-refractivity contribution in [3.8, 4) is 17.6 Å². The average Bonchev–Trinajstić information content (AvgIpc) is 2.52. The fourth-order valence-electron chi connectivity index (χ4n) is 1.84. The number of nitrogens with zero attached hydrogens (tertiary/aromatic N) is 1. The van der Waals surface area contributed by atoms with Crippen LogP contribution in [-0.4, -0.2) is 7.11 Å². The first-order valence-electron chi connectivity index (χ1n) is 6.11. The second-order valence-corrected chi connectivity index (χ2v) is 4.48. The lowest BCUT2D eigenvalue weighted by atomic mass is 10.1. The minimum absolute atomic E-state index is 0.338. The Balaban J connectivity index is 2.15. The molecule has 0 saturated carbocycles. The molecule has 0 amide bonds. The molecule has 2 aromatic rings. The molecule has 0 aliphatic heterocycles. The van der Waals surface area contributed by atoms with Crippen molar-refractivity contribution in [1.82, 2.24) is 0 Å². The Morgan fingerprint density at radius 1 is 1.20 bits per heavy atom. The van der Waals surface area contributed by atoms with Crippen molar-refractivity contribution in [2.75, 3.05) is 7.11 Å². The van der Waals surface area contributed by atoms with Crippen LogP contribution in [0.15, 0.2) is 42.5 Å². The minimum atomic E-state index is 0.338. The zero-order valence-corrected chi connectivity index (χ0v) is 11.9. The molecule has 0 fully saturated rings. The molecule has 0 aromatic heterocycles. The molecule has 0 saturated heterocycles. The Morgan fingerprint density at radius 3 is 2.75 bits per heavy atom. The van der Waals surface area contributed by atoms with Crippen molar-refractivity contribution in [2.45, 2.75) is 12.5 Å². The largest absolute Gasteiger partial charge is 0.496 e. The summed E-state index contributed by atoms with van der Waals surface area (Å²) in [5, 5.41) is 8.93. The van der Waals surface area contributed by atoms with E-state index in [0.717, 1.165) is 16.9 Å². The van der Waals surface area contributed by atoms with Crippen molar-refractivity contribution in [2.24, 2.45) is 0 Å². The van der Waals surface area contributed by atoms with E-state index in [0.29, 0.717) is 23.8 Å². The summed E-state index contributed by atoms with van der Waals surface area (Å²) >= 11 is 5.79. The van der Waals surface area contributed by atoms with Crippen LogP contribution in [0.1, 0.15) is 16.7 Å². The fraction of sp³-hybridized carbons (Fsp3) is 0.188. The molecule has 0 atom stereocenters. The zero-order valence-electron chi connectivity index (χ0n) is 11.1. The second-order valence-electron chi connectivity index (χ2n) is 4.21. The highest BCUT2D eigenvalue weighted by atomic mass is 35.5. The maximum atomic E-state index is 8.93. The molecule has 0 unspecified atom stereocenters. The third-order valence-corrected chi connectivity index (χ3v) is 3.17. The summed E-state index contributed by atoms with van der Waals surface area (Å²) in [6.45, 7) is 0.338. The molecule has 0 heterocycles. The van der Waals surface area contributed by atoms with Gasteiger partial charge in [0.15, 0.2) is 0 Å². The molecule has 20 heavy (non-hydrogen) atoms. The molecule has 0 aliphatic rings. The van der Waals surface area contributed by atoms with Gasteiger partial charge in [-0.3, -0.25) is 0 Å². The first kappa shape index (κ1) is 14.2. The van der Waals surface area contributed by atoms with Gasteiger partial charge in [0.05, 0.1) is 18.7 Å². The Morgan fingerprint density at radius 2 is 2.05 bits per heavy atom.